The SMILES string of the molecule is OCCCCN1CCC(OCC2CCCCO2)CC1. The largest absolute Gasteiger partial charge is 0.396 e. The van der Waals surface area contributed by atoms with Gasteiger partial charge in [0.1, 0.15) is 0 Å². The number of hydrogen-bond acceptors (Lipinski definition) is 4. The van der Waals surface area contributed by atoms with Crippen molar-refractivity contribution in [3.63, 3.8) is 0 Å². The van der Waals surface area contributed by atoms with Crippen molar-refractivity contribution in [1.29, 1.82) is 0 Å². The first-order chi connectivity index (χ1) is 9.38. The van der Waals surface area contributed by atoms with E-state index in [2.05, 4.69) is 4.90 Å². The first-order valence-electron chi connectivity index (χ1n) is 7.95. The van der Waals surface area contributed by atoms with Crippen molar-refractivity contribution in [3.8, 4) is 0 Å². The molecule has 0 amide bonds. The molecule has 19 heavy (non-hydrogen) atoms. The molecule has 0 aromatic carbocycles. The first-order valence-corrected chi connectivity index (χ1v) is 7.95. The van der Waals surface area contributed by atoms with Crippen LogP contribution < -0.4 is 0 Å². The first kappa shape index (κ1) is 15.2. The number of likely N-dealkylation sites (tertiary alicyclic amines) is 1. The van der Waals surface area contributed by atoms with Gasteiger partial charge in [0.25, 0.3) is 0 Å². The molecule has 2 fully saturated rings. The summed E-state index contributed by atoms with van der Waals surface area (Å²) < 4.78 is 11.7. The molecular weight excluding hydrogens is 242 g/mol. The third-order valence-corrected chi connectivity index (χ3v) is 4.21. The lowest BCUT2D eigenvalue weighted by Gasteiger charge is -2.33. The zero-order valence-electron chi connectivity index (χ0n) is 12.1. The highest BCUT2D eigenvalue weighted by Crippen LogP contribution is 2.17. The summed E-state index contributed by atoms with van der Waals surface area (Å²) >= 11 is 0. The maximum Gasteiger partial charge on any atom is 0.0808 e. The molecule has 2 aliphatic heterocycles. The predicted octanol–water partition coefficient (Wildman–Crippen LogP) is 1.81. The highest BCUT2D eigenvalue weighted by Gasteiger charge is 2.21. The van der Waals surface area contributed by atoms with Gasteiger partial charge >= 0.3 is 0 Å². The van der Waals surface area contributed by atoms with Crippen LogP contribution in [0.4, 0.5) is 0 Å². The summed E-state index contributed by atoms with van der Waals surface area (Å²) in [6.45, 7) is 5.43. The van der Waals surface area contributed by atoms with Gasteiger partial charge in [-0.3, -0.25) is 0 Å². The van der Waals surface area contributed by atoms with Crippen molar-refractivity contribution in [2.24, 2.45) is 0 Å². The molecule has 0 aromatic heterocycles. The molecule has 0 aromatic rings. The minimum absolute atomic E-state index is 0.320. The molecule has 1 atom stereocenters. The summed E-state index contributed by atoms with van der Waals surface area (Å²) in [5.41, 5.74) is 0. The molecule has 0 radical (unpaired) electrons. The normalized spacial score (nSPS) is 26.7. The summed E-state index contributed by atoms with van der Waals surface area (Å²) in [5.74, 6) is 0. The van der Waals surface area contributed by atoms with E-state index < -0.39 is 0 Å². The smallest absolute Gasteiger partial charge is 0.0808 e. The van der Waals surface area contributed by atoms with Gasteiger partial charge in [-0.05, 0) is 51.5 Å². The Morgan fingerprint density at radius 1 is 1.11 bits per heavy atom. The topological polar surface area (TPSA) is 41.9 Å². The van der Waals surface area contributed by atoms with Gasteiger partial charge in [0.15, 0.2) is 0 Å². The second kappa shape index (κ2) is 8.90. The second-order valence-electron chi connectivity index (χ2n) is 5.79. The Morgan fingerprint density at radius 3 is 2.63 bits per heavy atom. The van der Waals surface area contributed by atoms with Gasteiger partial charge in [-0.25, -0.2) is 0 Å². The Kier molecular flexibility index (Phi) is 7.14. The van der Waals surface area contributed by atoms with Crippen LogP contribution in [-0.2, 0) is 9.47 Å². The van der Waals surface area contributed by atoms with Crippen LogP contribution in [0.15, 0.2) is 0 Å². The van der Waals surface area contributed by atoms with Crippen molar-refractivity contribution in [1.82, 2.24) is 4.90 Å². The maximum absolute atomic E-state index is 8.78. The number of unbranched alkanes of at least 4 members (excludes halogenated alkanes) is 1. The average Bonchev–Trinajstić information content (AvgIpc) is 2.48. The minimum Gasteiger partial charge on any atom is -0.396 e. The number of rotatable bonds is 7. The van der Waals surface area contributed by atoms with Gasteiger partial charge in [0.2, 0.25) is 0 Å². The number of hydrogen-bond donors (Lipinski definition) is 1. The van der Waals surface area contributed by atoms with Crippen LogP contribution in [0.2, 0.25) is 0 Å². The number of ether oxygens (including phenoxy) is 2. The van der Waals surface area contributed by atoms with Crippen LogP contribution in [0, 0.1) is 0 Å². The van der Waals surface area contributed by atoms with Gasteiger partial charge < -0.3 is 19.5 Å². The van der Waals surface area contributed by atoms with Gasteiger partial charge in [0, 0.05) is 26.3 Å². The van der Waals surface area contributed by atoms with Crippen LogP contribution >= 0.6 is 0 Å². The van der Waals surface area contributed by atoms with Gasteiger partial charge in [-0.2, -0.15) is 0 Å². The maximum atomic E-state index is 8.78. The van der Waals surface area contributed by atoms with Gasteiger partial charge in [-0.15, -0.1) is 0 Å². The van der Waals surface area contributed by atoms with Crippen molar-refractivity contribution in [3.05, 3.63) is 0 Å². The zero-order chi connectivity index (χ0) is 13.3. The molecular formula is C15H29NO3. The van der Waals surface area contributed by atoms with Crippen LogP contribution in [0.3, 0.4) is 0 Å². The number of nitrogens with zero attached hydrogens (tertiary/aromatic N) is 1. The van der Waals surface area contributed by atoms with Crippen molar-refractivity contribution in [2.75, 3.05) is 39.5 Å². The molecule has 1 N–H and O–H groups in total. The molecule has 4 nitrogen and oxygen atoms in total. The van der Waals surface area contributed by atoms with Gasteiger partial charge in [-0.1, -0.05) is 0 Å². The molecule has 2 rings (SSSR count). The van der Waals surface area contributed by atoms with Crippen molar-refractivity contribution < 1.29 is 14.6 Å². The molecule has 0 saturated carbocycles. The standard InChI is InChI=1S/C15H29NO3/c17-11-3-2-8-16-9-6-14(7-10-16)19-13-15-5-1-4-12-18-15/h14-15,17H,1-13H2. The highest BCUT2D eigenvalue weighted by molar-refractivity contribution is 4.73. The van der Waals surface area contributed by atoms with E-state index >= 15 is 0 Å². The fourth-order valence-corrected chi connectivity index (χ4v) is 2.93. The predicted molar refractivity (Wildman–Crippen MR) is 75.3 cm³/mol. The molecule has 112 valence electrons. The van der Waals surface area contributed by atoms with Gasteiger partial charge in [0.05, 0.1) is 18.8 Å². The van der Waals surface area contributed by atoms with E-state index in [0.29, 0.717) is 18.8 Å². The molecule has 0 bridgehead atoms. The Morgan fingerprint density at radius 2 is 1.95 bits per heavy atom. The summed E-state index contributed by atoms with van der Waals surface area (Å²) in [5, 5.41) is 8.78. The Balaban J connectivity index is 1.53. The van der Waals surface area contributed by atoms with Crippen molar-refractivity contribution >= 4 is 0 Å². The van der Waals surface area contributed by atoms with E-state index in [9.17, 15) is 0 Å². The summed E-state index contributed by atoms with van der Waals surface area (Å²) in [7, 11) is 0. The fourth-order valence-electron chi connectivity index (χ4n) is 2.93. The molecule has 0 spiro atoms. The molecule has 0 aliphatic carbocycles. The molecule has 1 unspecified atom stereocenters. The number of aliphatic hydroxyl groups is 1. The monoisotopic (exact) mass is 271 g/mol. The highest BCUT2D eigenvalue weighted by atomic mass is 16.5. The van der Waals surface area contributed by atoms with Crippen LogP contribution in [-0.4, -0.2) is 61.7 Å². The lowest BCUT2D eigenvalue weighted by molar-refractivity contribution is -0.0749. The van der Waals surface area contributed by atoms with Crippen LogP contribution in [0.5, 0.6) is 0 Å². The molecule has 2 aliphatic rings. The quantitative estimate of drug-likeness (QED) is 0.717. The van der Waals surface area contributed by atoms with E-state index in [1.54, 1.807) is 0 Å². The van der Waals surface area contributed by atoms with Crippen LogP contribution in [0.1, 0.15) is 44.9 Å². The third-order valence-electron chi connectivity index (χ3n) is 4.21. The number of aliphatic hydroxyl groups excluding tert-OH is 1. The van der Waals surface area contributed by atoms with E-state index in [-0.39, 0.29) is 0 Å². The second-order valence-corrected chi connectivity index (χ2v) is 5.79. The van der Waals surface area contributed by atoms with E-state index in [0.717, 1.165) is 58.5 Å². The van der Waals surface area contributed by atoms with E-state index in [4.69, 9.17) is 14.6 Å². The Hall–Kier alpha value is -0.160. The molecule has 2 saturated heterocycles. The zero-order valence-corrected chi connectivity index (χ0v) is 12.1. The van der Waals surface area contributed by atoms with Crippen molar-refractivity contribution in [2.45, 2.75) is 57.2 Å². The van der Waals surface area contributed by atoms with E-state index in [1.807, 2.05) is 0 Å². The third kappa shape index (κ3) is 5.78. The summed E-state index contributed by atoms with van der Waals surface area (Å²) in [6, 6.07) is 0. The minimum atomic E-state index is 0.320. The lowest BCUT2D eigenvalue weighted by atomic mass is 10.1. The lowest BCUT2D eigenvalue weighted by Crippen LogP contribution is -2.38. The molecule has 4 heteroatoms. The average molecular weight is 271 g/mol. The van der Waals surface area contributed by atoms with E-state index in [1.165, 1.54) is 19.3 Å². The van der Waals surface area contributed by atoms with Crippen LogP contribution in [0.25, 0.3) is 0 Å². The fraction of sp³-hybridized carbons (Fsp3) is 1.00. The summed E-state index contributed by atoms with van der Waals surface area (Å²) in [6.07, 6.45) is 8.77. The molecule has 2 heterocycles. The Bertz CT molecular complexity index is 223. The Labute approximate surface area is 117 Å². The summed E-state index contributed by atoms with van der Waals surface area (Å²) in [4.78, 5) is 2.49. The number of piperidine rings is 1.